The Morgan fingerprint density at radius 3 is 2.67 bits per heavy atom. The maximum atomic E-state index is 4.61. The van der Waals surface area contributed by atoms with Crippen molar-refractivity contribution in [3.05, 3.63) is 46.0 Å². The highest BCUT2D eigenvalue weighted by Crippen LogP contribution is 2.29. The fourth-order valence-electron chi connectivity index (χ4n) is 2.53. The summed E-state index contributed by atoms with van der Waals surface area (Å²) >= 11 is 1.74. The number of benzene rings is 1. The molecule has 2 aromatic rings. The Labute approximate surface area is 130 Å². The van der Waals surface area contributed by atoms with Crippen molar-refractivity contribution in [3.8, 4) is 0 Å². The van der Waals surface area contributed by atoms with Crippen LogP contribution in [0.1, 0.15) is 54.3 Å². The van der Waals surface area contributed by atoms with Gasteiger partial charge in [0.2, 0.25) is 5.13 Å². The van der Waals surface area contributed by atoms with Gasteiger partial charge in [-0.15, -0.1) is 11.3 Å². The van der Waals surface area contributed by atoms with Gasteiger partial charge in [0.15, 0.2) is 0 Å². The predicted molar refractivity (Wildman–Crippen MR) is 90.5 cm³/mol. The SMILES string of the molecule is CC(C)c1ccc(C=NNc2nc3c(s2)CCCC3)cc1. The predicted octanol–water partition coefficient (Wildman–Crippen LogP) is 4.59. The molecular formula is C17H21N3S. The van der Waals surface area contributed by atoms with E-state index in [0.717, 1.165) is 17.1 Å². The highest BCUT2D eigenvalue weighted by Gasteiger charge is 2.14. The number of thiazole rings is 1. The minimum atomic E-state index is 0.566. The monoisotopic (exact) mass is 299 g/mol. The number of hydrogen-bond donors (Lipinski definition) is 1. The molecule has 21 heavy (non-hydrogen) atoms. The summed E-state index contributed by atoms with van der Waals surface area (Å²) in [6.45, 7) is 4.41. The molecule has 0 spiro atoms. The van der Waals surface area contributed by atoms with E-state index in [2.05, 4.69) is 53.6 Å². The molecule has 1 aromatic carbocycles. The fourth-order valence-corrected chi connectivity index (χ4v) is 3.53. The van der Waals surface area contributed by atoms with Crippen LogP contribution in [-0.4, -0.2) is 11.2 Å². The highest BCUT2D eigenvalue weighted by atomic mass is 32.1. The number of anilines is 1. The second kappa shape index (κ2) is 6.39. The number of fused-ring (bicyclic) bond motifs is 1. The van der Waals surface area contributed by atoms with E-state index in [0.29, 0.717) is 5.92 Å². The molecule has 3 nitrogen and oxygen atoms in total. The molecule has 110 valence electrons. The van der Waals surface area contributed by atoms with Crippen LogP contribution in [0.2, 0.25) is 0 Å². The molecule has 0 amide bonds. The third kappa shape index (κ3) is 3.50. The first-order valence-corrected chi connectivity index (χ1v) is 8.41. The summed E-state index contributed by atoms with van der Waals surface area (Å²) < 4.78 is 0. The maximum Gasteiger partial charge on any atom is 0.203 e. The molecule has 0 atom stereocenters. The van der Waals surface area contributed by atoms with Crippen LogP contribution in [0, 0.1) is 0 Å². The summed E-state index contributed by atoms with van der Waals surface area (Å²) in [6, 6.07) is 8.53. The van der Waals surface area contributed by atoms with E-state index in [1.54, 1.807) is 11.3 Å². The molecule has 0 bridgehead atoms. The van der Waals surface area contributed by atoms with E-state index >= 15 is 0 Å². The number of nitrogens with one attached hydrogen (secondary N) is 1. The Kier molecular flexibility index (Phi) is 4.34. The topological polar surface area (TPSA) is 37.3 Å². The standard InChI is InChI=1S/C17H21N3S/c1-12(2)14-9-7-13(8-10-14)11-18-20-17-19-15-5-3-4-6-16(15)21-17/h7-12H,3-6H2,1-2H3,(H,19,20). The van der Waals surface area contributed by atoms with E-state index in [1.807, 2.05) is 6.21 Å². The third-order valence-electron chi connectivity index (χ3n) is 3.82. The van der Waals surface area contributed by atoms with Gasteiger partial charge in [-0.2, -0.15) is 5.10 Å². The van der Waals surface area contributed by atoms with E-state index in [1.165, 1.54) is 35.4 Å². The van der Waals surface area contributed by atoms with Gasteiger partial charge in [0.05, 0.1) is 11.9 Å². The van der Waals surface area contributed by atoms with Gasteiger partial charge in [0.25, 0.3) is 0 Å². The van der Waals surface area contributed by atoms with Gasteiger partial charge < -0.3 is 0 Å². The van der Waals surface area contributed by atoms with E-state index in [-0.39, 0.29) is 0 Å². The van der Waals surface area contributed by atoms with Crippen LogP contribution < -0.4 is 5.43 Å². The van der Waals surface area contributed by atoms with Gasteiger partial charge >= 0.3 is 0 Å². The van der Waals surface area contributed by atoms with Crippen molar-refractivity contribution in [2.75, 3.05) is 5.43 Å². The molecule has 1 N–H and O–H groups in total. The van der Waals surface area contributed by atoms with E-state index < -0.39 is 0 Å². The number of hydrazone groups is 1. The molecule has 1 aromatic heterocycles. The number of nitrogens with zero attached hydrogens (tertiary/aromatic N) is 2. The maximum absolute atomic E-state index is 4.61. The fraction of sp³-hybridized carbons (Fsp3) is 0.412. The zero-order chi connectivity index (χ0) is 14.7. The molecule has 0 saturated heterocycles. The van der Waals surface area contributed by atoms with Crippen molar-refractivity contribution in [2.45, 2.75) is 45.4 Å². The van der Waals surface area contributed by atoms with Crippen LogP contribution in [0.5, 0.6) is 0 Å². The number of aromatic nitrogens is 1. The van der Waals surface area contributed by atoms with Gasteiger partial charge in [-0.3, -0.25) is 5.43 Å². The van der Waals surface area contributed by atoms with Gasteiger partial charge in [-0.1, -0.05) is 38.1 Å². The minimum Gasteiger partial charge on any atom is -0.253 e. The van der Waals surface area contributed by atoms with Crippen molar-refractivity contribution in [2.24, 2.45) is 5.10 Å². The normalized spacial score (nSPS) is 14.6. The number of rotatable bonds is 4. The molecule has 1 aliphatic rings. The second-order valence-corrected chi connectivity index (χ2v) is 6.87. The van der Waals surface area contributed by atoms with Crippen LogP contribution in [0.3, 0.4) is 0 Å². The molecular weight excluding hydrogens is 278 g/mol. The molecule has 0 radical (unpaired) electrons. The average molecular weight is 299 g/mol. The van der Waals surface area contributed by atoms with Gasteiger partial charge in [-0.05, 0) is 42.7 Å². The van der Waals surface area contributed by atoms with Gasteiger partial charge in [0, 0.05) is 4.88 Å². The molecule has 1 aliphatic carbocycles. The van der Waals surface area contributed by atoms with E-state index in [9.17, 15) is 0 Å². The Bertz CT molecular complexity index is 602. The molecule has 4 heteroatoms. The Balaban J connectivity index is 1.62. The van der Waals surface area contributed by atoms with Crippen molar-refractivity contribution in [1.82, 2.24) is 4.98 Å². The van der Waals surface area contributed by atoms with Crippen molar-refractivity contribution in [1.29, 1.82) is 0 Å². The quantitative estimate of drug-likeness (QED) is 0.662. The summed E-state index contributed by atoms with van der Waals surface area (Å²) in [4.78, 5) is 6.04. The summed E-state index contributed by atoms with van der Waals surface area (Å²) in [5, 5.41) is 5.22. The number of hydrogen-bond acceptors (Lipinski definition) is 4. The van der Waals surface area contributed by atoms with Crippen molar-refractivity contribution < 1.29 is 0 Å². The molecule has 0 aliphatic heterocycles. The van der Waals surface area contributed by atoms with Crippen molar-refractivity contribution in [3.63, 3.8) is 0 Å². The Morgan fingerprint density at radius 1 is 1.19 bits per heavy atom. The lowest BCUT2D eigenvalue weighted by atomic mass is 10.0. The lowest BCUT2D eigenvalue weighted by Crippen LogP contribution is -1.99. The summed E-state index contributed by atoms with van der Waals surface area (Å²) in [6.07, 6.45) is 6.70. The molecule has 0 fully saturated rings. The first-order valence-electron chi connectivity index (χ1n) is 7.60. The van der Waals surface area contributed by atoms with E-state index in [4.69, 9.17) is 0 Å². The highest BCUT2D eigenvalue weighted by molar-refractivity contribution is 7.15. The van der Waals surface area contributed by atoms with Crippen LogP contribution in [0.4, 0.5) is 5.13 Å². The number of aryl methyl sites for hydroxylation is 2. The van der Waals surface area contributed by atoms with Crippen LogP contribution in [-0.2, 0) is 12.8 Å². The molecule has 1 heterocycles. The average Bonchev–Trinajstić information content (AvgIpc) is 2.90. The summed E-state index contributed by atoms with van der Waals surface area (Å²) in [5.41, 5.74) is 6.79. The van der Waals surface area contributed by atoms with Crippen LogP contribution >= 0.6 is 11.3 Å². The van der Waals surface area contributed by atoms with Crippen LogP contribution in [0.25, 0.3) is 0 Å². The smallest absolute Gasteiger partial charge is 0.203 e. The summed E-state index contributed by atoms with van der Waals surface area (Å²) in [7, 11) is 0. The van der Waals surface area contributed by atoms with Crippen molar-refractivity contribution >= 4 is 22.7 Å². The second-order valence-electron chi connectivity index (χ2n) is 5.79. The molecule has 3 rings (SSSR count). The molecule has 0 saturated carbocycles. The Morgan fingerprint density at radius 2 is 1.95 bits per heavy atom. The summed E-state index contributed by atoms with van der Waals surface area (Å²) in [5.74, 6) is 0.566. The lowest BCUT2D eigenvalue weighted by molar-refractivity contribution is 0.682. The largest absolute Gasteiger partial charge is 0.253 e. The Hall–Kier alpha value is -1.68. The lowest BCUT2D eigenvalue weighted by Gasteiger charge is -2.06. The first-order chi connectivity index (χ1) is 10.2. The molecule has 0 unspecified atom stereocenters. The van der Waals surface area contributed by atoms with Crippen LogP contribution in [0.15, 0.2) is 29.4 Å². The zero-order valence-corrected chi connectivity index (χ0v) is 13.4. The minimum absolute atomic E-state index is 0.566. The third-order valence-corrected chi connectivity index (χ3v) is 4.88. The van der Waals surface area contributed by atoms with Gasteiger partial charge in [-0.25, -0.2) is 4.98 Å². The van der Waals surface area contributed by atoms with Gasteiger partial charge in [0.1, 0.15) is 0 Å². The first kappa shape index (κ1) is 14.3. The zero-order valence-electron chi connectivity index (χ0n) is 12.6.